The molecule has 2 aliphatic carbocycles. The second-order valence-corrected chi connectivity index (χ2v) is 8.00. The predicted molar refractivity (Wildman–Crippen MR) is 97.7 cm³/mol. The molecule has 2 bridgehead atoms. The van der Waals surface area contributed by atoms with Gasteiger partial charge >= 0.3 is 0 Å². The Hall–Kier alpha value is -2.36. The summed E-state index contributed by atoms with van der Waals surface area (Å²) in [5.41, 5.74) is 5.12. The van der Waals surface area contributed by atoms with E-state index < -0.39 is 0 Å². The molecule has 0 saturated heterocycles. The van der Waals surface area contributed by atoms with Crippen molar-refractivity contribution in [3.8, 4) is 0 Å². The number of nitrogens with zero attached hydrogens (tertiary/aromatic N) is 1. The molecule has 2 fully saturated rings. The van der Waals surface area contributed by atoms with Gasteiger partial charge in [-0.25, -0.2) is 0 Å². The maximum Gasteiger partial charge on any atom is 0.269 e. The molecule has 3 aliphatic rings. The molecule has 2 saturated carbocycles. The SMILES string of the molecule is Cc1cccc([C@H]2Nc3ccc([N+](=O)[O-])cc3[C@@H]3[C@@H]4CC[C@@H](C4)[C@@H]32)c1. The van der Waals surface area contributed by atoms with E-state index in [4.69, 9.17) is 0 Å². The number of nitro benzene ring substituents is 1. The minimum atomic E-state index is -0.269. The van der Waals surface area contributed by atoms with Gasteiger partial charge in [-0.2, -0.15) is 0 Å². The van der Waals surface area contributed by atoms with Crippen LogP contribution in [0, 0.1) is 34.8 Å². The largest absolute Gasteiger partial charge is 0.378 e. The van der Waals surface area contributed by atoms with Gasteiger partial charge in [0, 0.05) is 17.8 Å². The molecule has 0 aromatic heterocycles. The number of nitrogens with one attached hydrogen (secondary N) is 1. The van der Waals surface area contributed by atoms with Crippen LogP contribution in [0.25, 0.3) is 0 Å². The Bertz CT molecular complexity index is 863. The summed E-state index contributed by atoms with van der Waals surface area (Å²) < 4.78 is 0. The Morgan fingerprint density at radius 3 is 2.76 bits per heavy atom. The highest BCUT2D eigenvalue weighted by atomic mass is 16.6. The highest BCUT2D eigenvalue weighted by Crippen LogP contribution is 2.63. The van der Waals surface area contributed by atoms with Crippen molar-refractivity contribution in [2.24, 2.45) is 17.8 Å². The molecule has 128 valence electrons. The molecule has 0 radical (unpaired) electrons. The molecule has 4 heteroatoms. The lowest BCUT2D eigenvalue weighted by Gasteiger charge is -2.43. The molecule has 1 aliphatic heterocycles. The van der Waals surface area contributed by atoms with E-state index >= 15 is 0 Å². The van der Waals surface area contributed by atoms with Crippen LogP contribution in [-0.4, -0.2) is 4.92 Å². The quantitative estimate of drug-likeness (QED) is 0.606. The Balaban J connectivity index is 1.64. The van der Waals surface area contributed by atoms with Crippen LogP contribution in [0.1, 0.15) is 47.9 Å². The summed E-state index contributed by atoms with van der Waals surface area (Å²) in [6, 6.07) is 14.5. The Kier molecular flexibility index (Phi) is 3.18. The summed E-state index contributed by atoms with van der Waals surface area (Å²) in [5.74, 6) is 2.43. The third kappa shape index (κ3) is 2.20. The number of hydrogen-bond acceptors (Lipinski definition) is 3. The first-order chi connectivity index (χ1) is 12.1. The molecule has 2 aromatic rings. The second-order valence-electron chi connectivity index (χ2n) is 8.00. The Morgan fingerprint density at radius 1 is 1.12 bits per heavy atom. The van der Waals surface area contributed by atoms with E-state index in [1.54, 1.807) is 6.07 Å². The molecule has 1 N–H and O–H groups in total. The number of anilines is 1. The maximum absolute atomic E-state index is 11.2. The van der Waals surface area contributed by atoms with Gasteiger partial charge in [-0.05, 0) is 67.1 Å². The van der Waals surface area contributed by atoms with Gasteiger partial charge in [0.15, 0.2) is 0 Å². The zero-order chi connectivity index (χ0) is 17.1. The maximum atomic E-state index is 11.2. The summed E-state index contributed by atoms with van der Waals surface area (Å²) in [7, 11) is 0. The van der Waals surface area contributed by atoms with Crippen LogP contribution in [0.4, 0.5) is 11.4 Å². The summed E-state index contributed by atoms with van der Waals surface area (Å²) in [6.45, 7) is 2.14. The van der Waals surface area contributed by atoms with Crippen LogP contribution in [0.3, 0.4) is 0 Å². The average Bonchev–Trinajstić information content (AvgIpc) is 3.22. The minimum absolute atomic E-state index is 0.219. The molecule has 5 rings (SSSR count). The first kappa shape index (κ1) is 14.9. The van der Waals surface area contributed by atoms with Gasteiger partial charge < -0.3 is 5.32 Å². The molecule has 0 spiro atoms. The van der Waals surface area contributed by atoms with Gasteiger partial charge in [-0.1, -0.05) is 29.8 Å². The second kappa shape index (κ2) is 5.32. The van der Waals surface area contributed by atoms with Gasteiger partial charge in [-0.3, -0.25) is 10.1 Å². The predicted octanol–water partition coefficient (Wildman–Crippen LogP) is 5.20. The molecule has 1 heterocycles. The number of non-ortho nitro benzene ring substituents is 1. The van der Waals surface area contributed by atoms with E-state index in [-0.39, 0.29) is 10.6 Å². The monoisotopic (exact) mass is 334 g/mol. The fraction of sp³-hybridized carbons (Fsp3) is 0.429. The van der Waals surface area contributed by atoms with Crippen LogP contribution in [0.15, 0.2) is 42.5 Å². The smallest absolute Gasteiger partial charge is 0.269 e. The van der Waals surface area contributed by atoms with Crippen LogP contribution in [0.5, 0.6) is 0 Å². The van der Waals surface area contributed by atoms with Crippen molar-refractivity contribution < 1.29 is 4.92 Å². The lowest BCUT2D eigenvalue weighted by atomic mass is 9.68. The van der Waals surface area contributed by atoms with Gasteiger partial charge in [0.25, 0.3) is 5.69 Å². The minimum Gasteiger partial charge on any atom is -0.378 e. The van der Waals surface area contributed by atoms with E-state index in [2.05, 4.69) is 36.5 Å². The number of fused-ring (bicyclic) bond motifs is 7. The van der Waals surface area contributed by atoms with E-state index in [9.17, 15) is 10.1 Å². The number of nitro groups is 1. The zero-order valence-corrected chi connectivity index (χ0v) is 14.3. The van der Waals surface area contributed by atoms with E-state index in [0.29, 0.717) is 23.8 Å². The van der Waals surface area contributed by atoms with Crippen molar-refractivity contribution in [2.45, 2.75) is 38.1 Å². The highest BCUT2D eigenvalue weighted by molar-refractivity contribution is 5.62. The fourth-order valence-corrected chi connectivity index (χ4v) is 5.78. The molecule has 2 aromatic carbocycles. The molecule has 5 atom stereocenters. The fourth-order valence-electron chi connectivity index (χ4n) is 5.78. The molecular formula is C21H22N2O2. The lowest BCUT2D eigenvalue weighted by Crippen LogP contribution is -2.35. The van der Waals surface area contributed by atoms with Crippen molar-refractivity contribution >= 4 is 11.4 Å². The standard InChI is InChI=1S/C21H22N2O2/c1-12-3-2-4-15(9-12)21-20-14-6-5-13(10-14)19(20)17-11-16(23(24)25)7-8-18(17)22-21/h2-4,7-9,11,13-14,19-22H,5-6,10H2,1H3/t13-,14+,19+,20+,21-/m1/s1. The van der Waals surface area contributed by atoms with Gasteiger partial charge in [-0.15, -0.1) is 0 Å². The van der Waals surface area contributed by atoms with E-state index in [0.717, 1.165) is 11.6 Å². The Morgan fingerprint density at radius 2 is 1.96 bits per heavy atom. The van der Waals surface area contributed by atoms with Crippen molar-refractivity contribution in [1.82, 2.24) is 0 Å². The first-order valence-electron chi connectivity index (χ1n) is 9.23. The van der Waals surface area contributed by atoms with Crippen LogP contribution in [0.2, 0.25) is 0 Å². The van der Waals surface area contributed by atoms with Gasteiger partial charge in [0.1, 0.15) is 0 Å². The van der Waals surface area contributed by atoms with Crippen molar-refractivity contribution in [3.63, 3.8) is 0 Å². The summed E-state index contributed by atoms with van der Waals surface area (Å²) in [5, 5.41) is 15.0. The Labute approximate surface area is 147 Å². The zero-order valence-electron chi connectivity index (χ0n) is 14.3. The van der Waals surface area contributed by atoms with Crippen LogP contribution < -0.4 is 5.32 Å². The van der Waals surface area contributed by atoms with Crippen LogP contribution >= 0.6 is 0 Å². The topological polar surface area (TPSA) is 55.2 Å². The molecular weight excluding hydrogens is 312 g/mol. The molecule has 0 unspecified atom stereocenters. The lowest BCUT2D eigenvalue weighted by molar-refractivity contribution is -0.384. The average molecular weight is 334 g/mol. The number of hydrogen-bond donors (Lipinski definition) is 1. The summed E-state index contributed by atoms with van der Waals surface area (Å²) >= 11 is 0. The number of aryl methyl sites for hydroxylation is 1. The first-order valence-corrected chi connectivity index (χ1v) is 9.23. The summed E-state index contributed by atoms with van der Waals surface area (Å²) in [6.07, 6.45) is 3.86. The van der Waals surface area contributed by atoms with Gasteiger partial charge in [0.05, 0.1) is 11.0 Å². The third-order valence-electron chi connectivity index (χ3n) is 6.68. The van der Waals surface area contributed by atoms with Crippen molar-refractivity contribution in [3.05, 3.63) is 69.3 Å². The highest BCUT2D eigenvalue weighted by Gasteiger charge is 2.54. The van der Waals surface area contributed by atoms with Crippen molar-refractivity contribution in [2.75, 3.05) is 5.32 Å². The normalized spacial score (nSPS) is 32.0. The molecule has 25 heavy (non-hydrogen) atoms. The van der Waals surface area contributed by atoms with Crippen LogP contribution in [-0.2, 0) is 0 Å². The van der Waals surface area contributed by atoms with E-state index in [1.165, 1.54) is 36.0 Å². The summed E-state index contributed by atoms with van der Waals surface area (Å²) in [4.78, 5) is 11.0. The van der Waals surface area contributed by atoms with Crippen molar-refractivity contribution in [1.29, 1.82) is 0 Å². The number of rotatable bonds is 2. The number of benzene rings is 2. The molecule has 0 amide bonds. The van der Waals surface area contributed by atoms with E-state index in [1.807, 2.05) is 12.1 Å². The third-order valence-corrected chi connectivity index (χ3v) is 6.68. The molecule has 4 nitrogen and oxygen atoms in total. The van der Waals surface area contributed by atoms with Gasteiger partial charge in [0.2, 0.25) is 0 Å².